The van der Waals surface area contributed by atoms with Crippen LogP contribution in [0.5, 0.6) is 0 Å². The largest absolute Gasteiger partial charge is 0.450 e. The molecule has 0 aliphatic carbocycles. The van der Waals surface area contributed by atoms with E-state index in [9.17, 15) is 9.59 Å². The highest BCUT2D eigenvalue weighted by Crippen LogP contribution is 2.18. The minimum Gasteiger partial charge on any atom is -0.450 e. The molecule has 2 heterocycles. The maximum atomic E-state index is 12.4. The molecule has 0 unspecified atom stereocenters. The van der Waals surface area contributed by atoms with Crippen molar-refractivity contribution in [3.05, 3.63) is 45.4 Å². The molecule has 3 rings (SSSR count). The standard InChI is InChI=1S/C21H28N4O3S/c1-4-28-21(27)25-9-7-24(8-10-25)13-17-14-29-20(22-17)12-19(26)23-18-11-15(2)5-6-16(18)3/h5-6,11,14H,4,7-10,12-13H2,1-3H3,(H,23,26). The zero-order valence-electron chi connectivity index (χ0n) is 17.2. The number of thiazole rings is 1. The molecule has 0 bridgehead atoms. The molecule has 0 saturated carbocycles. The number of nitrogens with one attached hydrogen (secondary N) is 1. The monoisotopic (exact) mass is 416 g/mol. The fraction of sp³-hybridized carbons (Fsp3) is 0.476. The molecule has 1 N–H and O–H groups in total. The van der Waals surface area contributed by atoms with Crippen molar-refractivity contribution in [2.45, 2.75) is 33.7 Å². The van der Waals surface area contributed by atoms with Crippen LogP contribution in [-0.2, 0) is 22.5 Å². The fourth-order valence-electron chi connectivity index (χ4n) is 3.24. The normalized spacial score (nSPS) is 14.7. The lowest BCUT2D eigenvalue weighted by Gasteiger charge is -2.33. The smallest absolute Gasteiger partial charge is 0.409 e. The van der Waals surface area contributed by atoms with Crippen molar-refractivity contribution in [2.24, 2.45) is 0 Å². The van der Waals surface area contributed by atoms with Crippen LogP contribution >= 0.6 is 11.3 Å². The number of carbonyl (C=O) groups excluding carboxylic acids is 2. The van der Waals surface area contributed by atoms with Gasteiger partial charge < -0.3 is 15.0 Å². The van der Waals surface area contributed by atoms with Crippen LogP contribution in [0.3, 0.4) is 0 Å². The van der Waals surface area contributed by atoms with Crippen molar-refractivity contribution in [1.29, 1.82) is 0 Å². The number of aryl methyl sites for hydroxylation is 2. The van der Waals surface area contributed by atoms with Crippen LogP contribution in [0.1, 0.15) is 28.8 Å². The molecule has 1 fully saturated rings. The van der Waals surface area contributed by atoms with E-state index >= 15 is 0 Å². The quantitative estimate of drug-likeness (QED) is 0.783. The molecule has 1 saturated heterocycles. The number of amides is 2. The summed E-state index contributed by atoms with van der Waals surface area (Å²) in [7, 11) is 0. The van der Waals surface area contributed by atoms with Crippen LogP contribution in [-0.4, -0.2) is 59.6 Å². The van der Waals surface area contributed by atoms with Gasteiger partial charge in [-0.15, -0.1) is 11.3 Å². The Labute approximate surface area is 175 Å². The summed E-state index contributed by atoms with van der Waals surface area (Å²) < 4.78 is 5.05. The topological polar surface area (TPSA) is 74.8 Å². The summed E-state index contributed by atoms with van der Waals surface area (Å²) in [5.74, 6) is -0.0531. The minimum absolute atomic E-state index is 0.0531. The fourth-order valence-corrected chi connectivity index (χ4v) is 4.02. The van der Waals surface area contributed by atoms with E-state index < -0.39 is 0 Å². The number of hydrogen-bond donors (Lipinski definition) is 1. The molecule has 156 valence electrons. The van der Waals surface area contributed by atoms with Crippen molar-refractivity contribution >= 4 is 29.0 Å². The van der Waals surface area contributed by atoms with Crippen molar-refractivity contribution < 1.29 is 14.3 Å². The highest BCUT2D eigenvalue weighted by molar-refractivity contribution is 7.09. The van der Waals surface area contributed by atoms with Crippen LogP contribution in [0.2, 0.25) is 0 Å². The van der Waals surface area contributed by atoms with E-state index in [0.29, 0.717) is 19.7 Å². The number of nitrogens with zero attached hydrogens (tertiary/aromatic N) is 3. The van der Waals surface area contributed by atoms with Crippen LogP contribution in [0.4, 0.5) is 10.5 Å². The van der Waals surface area contributed by atoms with Crippen molar-refractivity contribution in [3.8, 4) is 0 Å². The molecular weight excluding hydrogens is 388 g/mol. The molecule has 1 aromatic carbocycles. The van der Waals surface area contributed by atoms with Crippen LogP contribution in [0.25, 0.3) is 0 Å². The highest BCUT2D eigenvalue weighted by atomic mass is 32.1. The van der Waals surface area contributed by atoms with E-state index in [-0.39, 0.29) is 18.4 Å². The molecule has 1 aliphatic rings. The summed E-state index contributed by atoms with van der Waals surface area (Å²) in [4.78, 5) is 32.8. The van der Waals surface area contributed by atoms with E-state index in [4.69, 9.17) is 4.74 Å². The Hall–Kier alpha value is -2.45. The van der Waals surface area contributed by atoms with Crippen molar-refractivity contribution in [3.63, 3.8) is 0 Å². The Balaban J connectivity index is 1.48. The lowest BCUT2D eigenvalue weighted by Crippen LogP contribution is -2.48. The average molecular weight is 417 g/mol. The van der Waals surface area contributed by atoms with Crippen molar-refractivity contribution in [2.75, 3.05) is 38.1 Å². The zero-order chi connectivity index (χ0) is 20.8. The molecule has 0 atom stereocenters. The summed E-state index contributed by atoms with van der Waals surface area (Å²) in [6.07, 6.45) is 0.0345. The number of carbonyl (C=O) groups is 2. The third-order valence-electron chi connectivity index (χ3n) is 4.86. The first-order valence-corrected chi connectivity index (χ1v) is 10.8. The number of aromatic nitrogens is 1. The lowest BCUT2D eigenvalue weighted by molar-refractivity contribution is -0.115. The minimum atomic E-state index is -0.238. The Morgan fingerprint density at radius 3 is 2.69 bits per heavy atom. The van der Waals surface area contributed by atoms with Crippen LogP contribution in [0.15, 0.2) is 23.6 Å². The lowest BCUT2D eigenvalue weighted by atomic mass is 10.1. The van der Waals surface area contributed by atoms with Gasteiger partial charge in [-0.2, -0.15) is 0 Å². The first-order valence-electron chi connectivity index (χ1n) is 9.89. The van der Waals surface area contributed by atoms with Gasteiger partial charge in [0.1, 0.15) is 5.01 Å². The SMILES string of the molecule is CCOC(=O)N1CCN(Cc2csc(CC(=O)Nc3cc(C)ccc3C)n2)CC1. The molecule has 29 heavy (non-hydrogen) atoms. The number of ether oxygens (including phenoxy) is 1. The predicted octanol–water partition coefficient (Wildman–Crippen LogP) is 3.22. The molecule has 1 aliphatic heterocycles. The maximum absolute atomic E-state index is 12.4. The second-order valence-electron chi connectivity index (χ2n) is 7.24. The van der Waals surface area contributed by atoms with Gasteiger partial charge in [-0.3, -0.25) is 9.69 Å². The maximum Gasteiger partial charge on any atom is 0.409 e. The van der Waals surface area contributed by atoms with Gasteiger partial charge in [0.05, 0.1) is 18.7 Å². The molecule has 0 spiro atoms. The number of rotatable bonds is 6. The Morgan fingerprint density at radius 1 is 1.21 bits per heavy atom. The van der Waals surface area contributed by atoms with Gasteiger partial charge >= 0.3 is 6.09 Å². The van der Waals surface area contributed by atoms with Gasteiger partial charge in [0.25, 0.3) is 0 Å². The van der Waals surface area contributed by atoms with Crippen LogP contribution in [0, 0.1) is 13.8 Å². The summed E-state index contributed by atoms with van der Waals surface area (Å²) in [5, 5.41) is 5.81. The van der Waals surface area contributed by atoms with E-state index in [2.05, 4.69) is 15.2 Å². The summed E-state index contributed by atoms with van der Waals surface area (Å²) in [6.45, 7) is 9.84. The molecule has 7 nitrogen and oxygen atoms in total. The molecule has 2 amide bonds. The van der Waals surface area contributed by atoms with Crippen molar-refractivity contribution in [1.82, 2.24) is 14.8 Å². The third kappa shape index (κ3) is 6.01. The molecule has 1 aromatic heterocycles. The highest BCUT2D eigenvalue weighted by Gasteiger charge is 2.22. The molecular formula is C21H28N4O3S. The zero-order valence-corrected chi connectivity index (χ0v) is 18.1. The van der Waals surface area contributed by atoms with E-state index in [1.807, 2.05) is 44.4 Å². The number of benzene rings is 1. The van der Waals surface area contributed by atoms with Gasteiger partial charge in [-0.1, -0.05) is 12.1 Å². The second-order valence-corrected chi connectivity index (χ2v) is 8.18. The number of anilines is 1. The Bertz CT molecular complexity index is 859. The van der Waals surface area contributed by atoms with Gasteiger partial charge in [-0.25, -0.2) is 9.78 Å². The van der Waals surface area contributed by atoms with Gasteiger partial charge in [0.15, 0.2) is 0 Å². The molecule has 8 heteroatoms. The first kappa shape index (κ1) is 21.3. The Morgan fingerprint density at radius 2 is 1.97 bits per heavy atom. The van der Waals surface area contributed by atoms with E-state index in [1.54, 1.807) is 4.90 Å². The van der Waals surface area contributed by atoms with Gasteiger partial charge in [0.2, 0.25) is 5.91 Å². The summed E-state index contributed by atoms with van der Waals surface area (Å²) in [6, 6.07) is 6.02. The second kappa shape index (κ2) is 9.84. The van der Waals surface area contributed by atoms with Gasteiger partial charge in [0, 0.05) is 43.8 Å². The molecule has 0 radical (unpaired) electrons. The number of piperazine rings is 1. The van der Waals surface area contributed by atoms with Gasteiger partial charge in [-0.05, 0) is 38.0 Å². The first-order chi connectivity index (χ1) is 13.9. The summed E-state index contributed by atoms with van der Waals surface area (Å²) >= 11 is 1.51. The Kier molecular flexibility index (Phi) is 7.22. The average Bonchev–Trinajstić information content (AvgIpc) is 3.12. The predicted molar refractivity (Wildman–Crippen MR) is 114 cm³/mol. The molecule has 2 aromatic rings. The van der Waals surface area contributed by atoms with E-state index in [0.717, 1.165) is 47.2 Å². The van der Waals surface area contributed by atoms with Crippen LogP contribution < -0.4 is 5.32 Å². The van der Waals surface area contributed by atoms with E-state index in [1.165, 1.54) is 11.3 Å². The summed E-state index contributed by atoms with van der Waals surface area (Å²) in [5.41, 5.74) is 3.98. The third-order valence-corrected chi connectivity index (χ3v) is 5.76. The number of hydrogen-bond acceptors (Lipinski definition) is 6.